The van der Waals surface area contributed by atoms with Gasteiger partial charge in [-0.2, -0.15) is 0 Å². The molecule has 0 radical (unpaired) electrons. The van der Waals surface area contributed by atoms with Crippen molar-refractivity contribution in [1.29, 1.82) is 0 Å². The van der Waals surface area contributed by atoms with Gasteiger partial charge in [-0.25, -0.2) is 8.42 Å². The maximum Gasteiger partial charge on any atom is 0.235 e. The lowest BCUT2D eigenvalue weighted by Crippen LogP contribution is -2.31. The number of carbonyl (C=O) groups excluding carboxylic acids is 1. The Kier molecular flexibility index (Phi) is 5.27. The van der Waals surface area contributed by atoms with Crippen LogP contribution in [0.3, 0.4) is 0 Å². The molecule has 0 spiro atoms. The van der Waals surface area contributed by atoms with Gasteiger partial charge in [0.05, 0.1) is 12.0 Å². The van der Waals surface area contributed by atoms with E-state index < -0.39 is 21.5 Å². The number of benzene rings is 2. The van der Waals surface area contributed by atoms with Crippen LogP contribution in [0.15, 0.2) is 59.6 Å². The highest BCUT2D eigenvalue weighted by molar-refractivity contribution is 7.92. The number of fused-ring (bicyclic) bond motifs is 1. The Hall–Kier alpha value is -2.80. The lowest BCUT2D eigenvalue weighted by Gasteiger charge is -2.07. The van der Waals surface area contributed by atoms with Gasteiger partial charge in [0.15, 0.2) is 9.84 Å². The van der Waals surface area contributed by atoms with Crippen molar-refractivity contribution in [3.63, 3.8) is 0 Å². The summed E-state index contributed by atoms with van der Waals surface area (Å²) in [5, 5.41) is 3.70. The Bertz CT molecular complexity index is 1010. The number of hydrogen-bond donors (Lipinski definition) is 2. The largest absolute Gasteiger partial charge is 0.497 e. The number of ether oxygens (including phenoxy) is 1. The average Bonchev–Trinajstić information content (AvgIpc) is 3.04. The predicted octanol–water partition coefficient (Wildman–Crippen LogP) is 2.31. The number of H-pyrrole nitrogens is 1. The summed E-state index contributed by atoms with van der Waals surface area (Å²) in [6.07, 6.45) is 2.47. The molecule has 7 heteroatoms. The van der Waals surface area contributed by atoms with E-state index in [1.165, 1.54) is 12.1 Å². The fraction of sp³-hybridized carbons (Fsp3) is 0.211. The van der Waals surface area contributed by atoms with Crippen molar-refractivity contribution in [3.8, 4) is 5.75 Å². The van der Waals surface area contributed by atoms with Crippen molar-refractivity contribution in [2.24, 2.45) is 0 Å². The van der Waals surface area contributed by atoms with Gasteiger partial charge < -0.3 is 15.0 Å². The highest BCUT2D eigenvalue weighted by Crippen LogP contribution is 2.23. The van der Waals surface area contributed by atoms with Crippen LogP contribution < -0.4 is 10.1 Å². The summed E-state index contributed by atoms with van der Waals surface area (Å²) in [5.74, 6) is -0.304. The van der Waals surface area contributed by atoms with Crippen molar-refractivity contribution in [2.75, 3.05) is 19.4 Å². The van der Waals surface area contributed by atoms with E-state index in [2.05, 4.69) is 10.3 Å². The zero-order valence-electron chi connectivity index (χ0n) is 14.4. The van der Waals surface area contributed by atoms with Gasteiger partial charge in [0.1, 0.15) is 11.5 Å². The number of hydrogen-bond acceptors (Lipinski definition) is 4. The molecular weight excluding hydrogens is 352 g/mol. The molecule has 2 aromatic carbocycles. The molecule has 0 saturated carbocycles. The van der Waals surface area contributed by atoms with Gasteiger partial charge in [-0.05, 0) is 42.3 Å². The van der Waals surface area contributed by atoms with Crippen molar-refractivity contribution in [1.82, 2.24) is 10.3 Å². The van der Waals surface area contributed by atoms with E-state index >= 15 is 0 Å². The highest BCUT2D eigenvalue weighted by atomic mass is 32.2. The Balaban J connectivity index is 1.59. The zero-order valence-corrected chi connectivity index (χ0v) is 15.2. The van der Waals surface area contributed by atoms with Crippen LogP contribution in [-0.2, 0) is 21.1 Å². The normalized spacial score (nSPS) is 11.4. The summed E-state index contributed by atoms with van der Waals surface area (Å²) >= 11 is 0. The number of aromatic amines is 1. The van der Waals surface area contributed by atoms with Gasteiger partial charge in [-0.1, -0.05) is 18.2 Å². The predicted molar refractivity (Wildman–Crippen MR) is 100 cm³/mol. The van der Waals surface area contributed by atoms with Crippen LogP contribution >= 0.6 is 0 Å². The van der Waals surface area contributed by atoms with Crippen LogP contribution in [0.25, 0.3) is 10.9 Å². The Morgan fingerprint density at radius 1 is 1.15 bits per heavy atom. The fourth-order valence-corrected chi connectivity index (χ4v) is 3.95. The van der Waals surface area contributed by atoms with Gasteiger partial charge >= 0.3 is 0 Å². The number of rotatable bonds is 7. The molecule has 1 heterocycles. The monoisotopic (exact) mass is 372 g/mol. The molecule has 3 rings (SSSR count). The van der Waals surface area contributed by atoms with Crippen LogP contribution in [0.4, 0.5) is 0 Å². The molecule has 0 bridgehead atoms. The molecule has 0 aliphatic carbocycles. The van der Waals surface area contributed by atoms with E-state index in [1.54, 1.807) is 25.3 Å². The van der Waals surface area contributed by atoms with Gasteiger partial charge in [0, 0.05) is 23.6 Å². The third-order valence-electron chi connectivity index (χ3n) is 4.11. The summed E-state index contributed by atoms with van der Waals surface area (Å²) in [7, 11) is -2.01. The van der Waals surface area contributed by atoms with Crippen molar-refractivity contribution >= 4 is 26.6 Å². The van der Waals surface area contributed by atoms with E-state index in [-0.39, 0.29) is 4.90 Å². The molecule has 3 aromatic rings. The SMILES string of the molecule is COc1ccc2[nH]cc(CCNC(=O)CS(=O)(=O)c3ccccc3)c2c1. The van der Waals surface area contributed by atoms with Crippen LogP contribution in [0, 0.1) is 0 Å². The first kappa shape index (κ1) is 18.0. The molecule has 0 unspecified atom stereocenters. The second kappa shape index (κ2) is 7.61. The first-order valence-corrected chi connectivity index (χ1v) is 9.83. The molecule has 1 aromatic heterocycles. The molecule has 2 N–H and O–H groups in total. The number of methoxy groups -OCH3 is 1. The second-order valence-electron chi connectivity index (χ2n) is 5.90. The minimum absolute atomic E-state index is 0.152. The number of nitrogens with one attached hydrogen (secondary N) is 2. The third-order valence-corrected chi connectivity index (χ3v) is 5.75. The second-order valence-corrected chi connectivity index (χ2v) is 7.89. The third kappa shape index (κ3) is 4.05. The minimum Gasteiger partial charge on any atom is -0.497 e. The van der Waals surface area contributed by atoms with E-state index in [9.17, 15) is 13.2 Å². The number of sulfone groups is 1. The van der Waals surface area contributed by atoms with Gasteiger partial charge in [0.2, 0.25) is 5.91 Å². The maximum absolute atomic E-state index is 12.2. The lowest BCUT2D eigenvalue weighted by atomic mass is 10.1. The molecule has 0 aliphatic rings. The molecule has 0 fully saturated rings. The first-order chi connectivity index (χ1) is 12.5. The van der Waals surface area contributed by atoms with E-state index in [0.29, 0.717) is 13.0 Å². The molecule has 0 saturated heterocycles. The zero-order chi connectivity index (χ0) is 18.6. The first-order valence-electron chi connectivity index (χ1n) is 8.18. The Labute approximate surface area is 152 Å². The lowest BCUT2D eigenvalue weighted by molar-refractivity contribution is -0.118. The van der Waals surface area contributed by atoms with Crippen molar-refractivity contribution in [3.05, 3.63) is 60.3 Å². The summed E-state index contributed by atoms with van der Waals surface area (Å²) in [6, 6.07) is 13.7. The van der Waals surface area contributed by atoms with Crippen LogP contribution in [-0.4, -0.2) is 38.7 Å². The van der Waals surface area contributed by atoms with Crippen LogP contribution in [0.2, 0.25) is 0 Å². The van der Waals surface area contributed by atoms with Gasteiger partial charge in [0.25, 0.3) is 0 Å². The minimum atomic E-state index is -3.62. The summed E-state index contributed by atoms with van der Waals surface area (Å²) in [6.45, 7) is 0.354. The van der Waals surface area contributed by atoms with E-state index in [0.717, 1.165) is 22.2 Å². The summed E-state index contributed by atoms with van der Waals surface area (Å²) in [5.41, 5.74) is 2.02. The molecule has 26 heavy (non-hydrogen) atoms. The Morgan fingerprint density at radius 2 is 1.92 bits per heavy atom. The van der Waals surface area contributed by atoms with Gasteiger partial charge in [-0.3, -0.25) is 4.79 Å². The number of amides is 1. The van der Waals surface area contributed by atoms with Crippen molar-refractivity contribution in [2.45, 2.75) is 11.3 Å². The van der Waals surface area contributed by atoms with Crippen molar-refractivity contribution < 1.29 is 17.9 Å². The smallest absolute Gasteiger partial charge is 0.235 e. The summed E-state index contributed by atoms with van der Waals surface area (Å²) < 4.78 is 29.6. The summed E-state index contributed by atoms with van der Waals surface area (Å²) in [4.78, 5) is 15.3. The standard InChI is InChI=1S/C19H20N2O4S/c1-25-15-7-8-18-17(11-15)14(12-21-18)9-10-20-19(22)13-26(23,24)16-5-3-2-4-6-16/h2-8,11-12,21H,9-10,13H2,1H3,(H,20,22). The Morgan fingerprint density at radius 3 is 2.65 bits per heavy atom. The molecule has 136 valence electrons. The average molecular weight is 372 g/mol. The van der Waals surface area contributed by atoms with E-state index in [4.69, 9.17) is 4.74 Å². The molecular formula is C19H20N2O4S. The van der Waals surface area contributed by atoms with Crippen LogP contribution in [0.1, 0.15) is 5.56 Å². The number of carbonyl (C=O) groups is 1. The maximum atomic E-state index is 12.2. The van der Waals surface area contributed by atoms with E-state index in [1.807, 2.05) is 24.4 Å². The molecule has 1 amide bonds. The highest BCUT2D eigenvalue weighted by Gasteiger charge is 2.18. The number of aromatic nitrogens is 1. The quantitative estimate of drug-likeness (QED) is 0.666. The van der Waals surface area contributed by atoms with Gasteiger partial charge in [-0.15, -0.1) is 0 Å². The molecule has 0 aliphatic heterocycles. The topological polar surface area (TPSA) is 88.3 Å². The molecule has 6 nitrogen and oxygen atoms in total. The molecule has 0 atom stereocenters. The van der Waals surface area contributed by atoms with Crippen LogP contribution in [0.5, 0.6) is 5.75 Å². The fourth-order valence-electron chi connectivity index (χ4n) is 2.76.